The van der Waals surface area contributed by atoms with Crippen molar-refractivity contribution in [2.75, 3.05) is 26.2 Å². The fourth-order valence-electron chi connectivity index (χ4n) is 4.20. The lowest BCUT2D eigenvalue weighted by molar-refractivity contribution is 0.0906. The molecule has 2 atom stereocenters. The SMILES string of the molecule is CCNC1CCN(SN2CCC(NC(=O)c3cc(C4CC4)on3)CC2C)CC1. The molecule has 3 heterocycles. The van der Waals surface area contributed by atoms with Gasteiger partial charge in [0, 0.05) is 61.9 Å². The zero-order chi connectivity index (χ0) is 19.5. The molecule has 3 fully saturated rings. The van der Waals surface area contributed by atoms with Crippen molar-refractivity contribution in [1.82, 2.24) is 24.4 Å². The topological polar surface area (TPSA) is 73.6 Å². The monoisotopic (exact) mass is 407 g/mol. The standard InChI is InChI=1S/C20H33N5O2S/c1-3-21-16-6-9-24(10-7-16)28-25-11-8-17(12-14(25)2)22-20(26)18-13-19(27-23-18)15-4-5-15/h13-17,21H,3-12H2,1-2H3,(H,22,26). The number of aromatic nitrogens is 1. The van der Waals surface area contributed by atoms with E-state index in [1.54, 1.807) is 0 Å². The van der Waals surface area contributed by atoms with E-state index >= 15 is 0 Å². The van der Waals surface area contributed by atoms with Crippen molar-refractivity contribution in [2.45, 2.75) is 76.4 Å². The molecule has 0 spiro atoms. The Hall–Kier alpha value is -1.09. The second-order valence-corrected chi connectivity index (χ2v) is 9.56. The Morgan fingerprint density at radius 1 is 1.21 bits per heavy atom. The van der Waals surface area contributed by atoms with Gasteiger partial charge in [-0.3, -0.25) is 4.79 Å². The van der Waals surface area contributed by atoms with Gasteiger partial charge in [0.25, 0.3) is 5.91 Å². The predicted octanol–water partition coefficient (Wildman–Crippen LogP) is 2.77. The maximum absolute atomic E-state index is 12.5. The van der Waals surface area contributed by atoms with E-state index in [9.17, 15) is 4.79 Å². The minimum atomic E-state index is -0.0977. The van der Waals surface area contributed by atoms with Crippen molar-refractivity contribution in [3.63, 3.8) is 0 Å². The lowest BCUT2D eigenvalue weighted by atomic mass is 10.0. The second-order valence-electron chi connectivity index (χ2n) is 8.42. The van der Waals surface area contributed by atoms with Crippen molar-refractivity contribution in [3.05, 3.63) is 17.5 Å². The highest BCUT2D eigenvalue weighted by Gasteiger charge is 2.32. The normalized spacial score (nSPS) is 27.8. The van der Waals surface area contributed by atoms with E-state index in [1.807, 2.05) is 18.2 Å². The number of hydrogen-bond acceptors (Lipinski definition) is 7. The Kier molecular flexibility index (Phi) is 6.60. The van der Waals surface area contributed by atoms with E-state index in [1.165, 1.54) is 12.8 Å². The van der Waals surface area contributed by atoms with Gasteiger partial charge in [-0.15, -0.1) is 0 Å². The van der Waals surface area contributed by atoms with Gasteiger partial charge < -0.3 is 15.2 Å². The number of nitrogens with one attached hydrogen (secondary N) is 2. The van der Waals surface area contributed by atoms with Crippen molar-refractivity contribution in [1.29, 1.82) is 0 Å². The zero-order valence-corrected chi connectivity index (χ0v) is 17.8. The van der Waals surface area contributed by atoms with Crippen LogP contribution in [0, 0.1) is 0 Å². The van der Waals surface area contributed by atoms with Crippen LogP contribution in [-0.4, -0.2) is 64.0 Å². The van der Waals surface area contributed by atoms with E-state index in [-0.39, 0.29) is 11.9 Å². The fourth-order valence-corrected chi connectivity index (χ4v) is 5.30. The van der Waals surface area contributed by atoms with Gasteiger partial charge in [0.15, 0.2) is 5.69 Å². The van der Waals surface area contributed by atoms with Crippen LogP contribution in [0.25, 0.3) is 0 Å². The highest BCUT2D eigenvalue weighted by molar-refractivity contribution is 7.94. The molecule has 156 valence electrons. The summed E-state index contributed by atoms with van der Waals surface area (Å²) in [6.45, 7) is 8.78. The molecule has 0 bridgehead atoms. The van der Waals surface area contributed by atoms with Gasteiger partial charge in [-0.1, -0.05) is 12.1 Å². The maximum atomic E-state index is 12.5. The van der Waals surface area contributed by atoms with Crippen LogP contribution in [0.4, 0.5) is 0 Å². The van der Waals surface area contributed by atoms with Crippen LogP contribution in [0.15, 0.2) is 10.6 Å². The molecule has 1 aromatic heterocycles. The molecule has 1 aromatic rings. The summed E-state index contributed by atoms with van der Waals surface area (Å²) in [6.07, 6.45) is 6.70. The maximum Gasteiger partial charge on any atom is 0.273 e. The largest absolute Gasteiger partial charge is 0.360 e. The molecule has 28 heavy (non-hydrogen) atoms. The van der Waals surface area contributed by atoms with E-state index in [0.29, 0.717) is 23.7 Å². The highest BCUT2D eigenvalue weighted by Crippen LogP contribution is 2.40. The van der Waals surface area contributed by atoms with Gasteiger partial charge in [-0.05, 0) is 52.0 Å². The quantitative estimate of drug-likeness (QED) is 0.673. The van der Waals surface area contributed by atoms with Crippen LogP contribution < -0.4 is 10.6 Å². The van der Waals surface area contributed by atoms with Crippen molar-refractivity contribution in [2.24, 2.45) is 0 Å². The number of nitrogens with zero attached hydrogens (tertiary/aromatic N) is 3. The summed E-state index contributed by atoms with van der Waals surface area (Å²) in [5.41, 5.74) is 0.426. The van der Waals surface area contributed by atoms with Gasteiger partial charge in [0.1, 0.15) is 5.76 Å². The molecular weight excluding hydrogens is 374 g/mol. The molecule has 0 radical (unpaired) electrons. The number of amides is 1. The average molecular weight is 408 g/mol. The Morgan fingerprint density at radius 3 is 2.64 bits per heavy atom. The molecule has 2 aliphatic heterocycles. The summed E-state index contributed by atoms with van der Waals surface area (Å²) in [6, 6.07) is 3.14. The lowest BCUT2D eigenvalue weighted by Crippen LogP contribution is -2.48. The van der Waals surface area contributed by atoms with Crippen LogP contribution in [-0.2, 0) is 0 Å². The molecule has 3 aliphatic rings. The minimum Gasteiger partial charge on any atom is -0.360 e. The average Bonchev–Trinajstić information content (AvgIpc) is 3.42. The number of piperidine rings is 2. The molecule has 2 unspecified atom stereocenters. The van der Waals surface area contributed by atoms with Crippen molar-refractivity contribution in [3.8, 4) is 0 Å². The first-order valence-electron chi connectivity index (χ1n) is 10.8. The number of carbonyl (C=O) groups excluding carboxylic acids is 1. The molecule has 1 amide bonds. The molecular formula is C20H33N5O2S. The minimum absolute atomic E-state index is 0.0977. The molecule has 1 aliphatic carbocycles. The Bertz CT molecular complexity index is 657. The Balaban J connectivity index is 1.21. The molecule has 0 aromatic carbocycles. The fraction of sp³-hybridized carbons (Fsp3) is 0.800. The number of rotatable bonds is 7. The zero-order valence-electron chi connectivity index (χ0n) is 17.0. The van der Waals surface area contributed by atoms with E-state index < -0.39 is 0 Å². The smallest absolute Gasteiger partial charge is 0.273 e. The van der Waals surface area contributed by atoms with Gasteiger partial charge in [-0.25, -0.2) is 8.61 Å². The van der Waals surface area contributed by atoms with Crippen LogP contribution in [0.3, 0.4) is 0 Å². The Labute approximate surface area is 172 Å². The van der Waals surface area contributed by atoms with Crippen molar-refractivity contribution < 1.29 is 9.32 Å². The summed E-state index contributed by atoms with van der Waals surface area (Å²) < 4.78 is 10.3. The van der Waals surface area contributed by atoms with E-state index in [0.717, 1.165) is 57.6 Å². The second kappa shape index (κ2) is 9.15. The van der Waals surface area contributed by atoms with Crippen LogP contribution >= 0.6 is 12.1 Å². The first-order valence-corrected chi connectivity index (χ1v) is 11.6. The molecule has 2 saturated heterocycles. The number of carbonyl (C=O) groups is 1. The predicted molar refractivity (Wildman–Crippen MR) is 111 cm³/mol. The summed E-state index contributed by atoms with van der Waals surface area (Å²) in [7, 11) is 0. The van der Waals surface area contributed by atoms with Gasteiger partial charge in [-0.2, -0.15) is 0 Å². The number of hydrogen-bond donors (Lipinski definition) is 2. The van der Waals surface area contributed by atoms with Gasteiger partial charge in [0.2, 0.25) is 0 Å². The third kappa shape index (κ3) is 5.09. The summed E-state index contributed by atoms with van der Waals surface area (Å²) in [4.78, 5) is 12.5. The summed E-state index contributed by atoms with van der Waals surface area (Å²) >= 11 is 1.90. The van der Waals surface area contributed by atoms with E-state index in [4.69, 9.17) is 4.52 Å². The first kappa shape index (κ1) is 20.2. The van der Waals surface area contributed by atoms with E-state index in [2.05, 4.69) is 38.2 Å². The van der Waals surface area contributed by atoms with Crippen LogP contribution in [0.1, 0.15) is 74.5 Å². The van der Waals surface area contributed by atoms with Gasteiger partial charge in [0.05, 0.1) is 0 Å². The molecule has 1 saturated carbocycles. The highest BCUT2D eigenvalue weighted by atomic mass is 32.2. The third-order valence-corrected chi connectivity index (χ3v) is 7.41. The van der Waals surface area contributed by atoms with Crippen molar-refractivity contribution >= 4 is 18.0 Å². The summed E-state index contributed by atoms with van der Waals surface area (Å²) in [5.74, 6) is 1.25. The molecule has 4 rings (SSSR count). The first-order chi connectivity index (χ1) is 13.6. The molecule has 2 N–H and O–H groups in total. The third-order valence-electron chi connectivity index (χ3n) is 6.06. The molecule has 8 heteroatoms. The van der Waals surface area contributed by atoms with Gasteiger partial charge >= 0.3 is 0 Å². The summed E-state index contributed by atoms with van der Waals surface area (Å²) in [5, 5.41) is 10.7. The Morgan fingerprint density at radius 2 is 1.96 bits per heavy atom. The molecule has 7 nitrogen and oxygen atoms in total. The van der Waals surface area contributed by atoms with Crippen LogP contribution in [0.5, 0.6) is 0 Å². The van der Waals surface area contributed by atoms with Crippen LogP contribution in [0.2, 0.25) is 0 Å². The lowest BCUT2D eigenvalue weighted by Gasteiger charge is -2.40.